The zero-order chi connectivity index (χ0) is 13.9. The predicted octanol–water partition coefficient (Wildman–Crippen LogP) is 4.28. The Hall–Kier alpha value is -1.96. The maximum absolute atomic E-state index is 5.72. The molecule has 1 N–H and O–H groups in total. The monoisotopic (exact) mass is 267 g/mol. The summed E-state index contributed by atoms with van der Waals surface area (Å²) in [5.74, 6) is 1.58. The Morgan fingerprint density at radius 1 is 1.10 bits per heavy atom. The Morgan fingerprint density at radius 2 is 1.85 bits per heavy atom. The Balaban J connectivity index is 1.73. The third kappa shape index (κ3) is 2.79. The summed E-state index contributed by atoms with van der Waals surface area (Å²) in [6.45, 7) is 6.06. The SMILES string of the molecule is Cc1cc(C)cc(NCC2CCOc3ccccc32)c1. The second-order valence-corrected chi connectivity index (χ2v) is 5.63. The highest BCUT2D eigenvalue weighted by atomic mass is 16.5. The summed E-state index contributed by atoms with van der Waals surface area (Å²) in [5.41, 5.74) is 5.15. The Kier molecular flexibility index (Phi) is 3.64. The lowest BCUT2D eigenvalue weighted by Gasteiger charge is -2.26. The first-order valence-corrected chi connectivity index (χ1v) is 7.26. The van der Waals surface area contributed by atoms with Crippen molar-refractivity contribution in [1.29, 1.82) is 0 Å². The molecule has 2 heteroatoms. The van der Waals surface area contributed by atoms with E-state index in [1.54, 1.807) is 0 Å². The molecule has 0 bridgehead atoms. The molecule has 0 fully saturated rings. The van der Waals surface area contributed by atoms with Crippen molar-refractivity contribution in [2.45, 2.75) is 26.2 Å². The molecule has 0 aliphatic carbocycles. The molecule has 2 aromatic carbocycles. The number of nitrogens with one attached hydrogen (secondary N) is 1. The van der Waals surface area contributed by atoms with Crippen LogP contribution in [0.25, 0.3) is 0 Å². The molecule has 1 heterocycles. The van der Waals surface area contributed by atoms with Gasteiger partial charge >= 0.3 is 0 Å². The summed E-state index contributed by atoms with van der Waals surface area (Å²) >= 11 is 0. The van der Waals surface area contributed by atoms with Gasteiger partial charge in [0.25, 0.3) is 0 Å². The van der Waals surface area contributed by atoms with Gasteiger partial charge in [-0.2, -0.15) is 0 Å². The van der Waals surface area contributed by atoms with E-state index in [0.29, 0.717) is 5.92 Å². The quantitative estimate of drug-likeness (QED) is 0.896. The average Bonchev–Trinajstić information content (AvgIpc) is 2.44. The Bertz CT molecular complexity index is 586. The normalized spacial score (nSPS) is 17.2. The van der Waals surface area contributed by atoms with Gasteiger partial charge in [-0.05, 0) is 55.2 Å². The van der Waals surface area contributed by atoms with E-state index >= 15 is 0 Å². The zero-order valence-electron chi connectivity index (χ0n) is 12.1. The van der Waals surface area contributed by atoms with Crippen molar-refractivity contribution >= 4 is 5.69 Å². The van der Waals surface area contributed by atoms with Crippen LogP contribution in [0.15, 0.2) is 42.5 Å². The fourth-order valence-electron chi connectivity index (χ4n) is 2.95. The molecule has 1 unspecified atom stereocenters. The van der Waals surface area contributed by atoms with Gasteiger partial charge in [-0.25, -0.2) is 0 Å². The van der Waals surface area contributed by atoms with E-state index in [0.717, 1.165) is 25.3 Å². The first kappa shape index (κ1) is 13.0. The zero-order valence-corrected chi connectivity index (χ0v) is 12.1. The number of benzene rings is 2. The highest BCUT2D eigenvalue weighted by molar-refractivity contribution is 5.49. The summed E-state index contributed by atoms with van der Waals surface area (Å²) in [7, 11) is 0. The maximum Gasteiger partial charge on any atom is 0.122 e. The fourth-order valence-corrected chi connectivity index (χ4v) is 2.95. The minimum Gasteiger partial charge on any atom is -0.493 e. The van der Waals surface area contributed by atoms with Crippen LogP contribution in [0.4, 0.5) is 5.69 Å². The van der Waals surface area contributed by atoms with Gasteiger partial charge in [0.1, 0.15) is 5.75 Å². The van der Waals surface area contributed by atoms with Gasteiger partial charge in [0.05, 0.1) is 6.61 Å². The van der Waals surface area contributed by atoms with Gasteiger partial charge in [-0.3, -0.25) is 0 Å². The molecule has 0 radical (unpaired) electrons. The van der Waals surface area contributed by atoms with Crippen molar-refractivity contribution in [3.05, 3.63) is 59.2 Å². The fraction of sp³-hybridized carbons (Fsp3) is 0.333. The van der Waals surface area contributed by atoms with Crippen molar-refractivity contribution in [3.8, 4) is 5.75 Å². The molecule has 3 rings (SSSR count). The molecule has 2 aromatic rings. The van der Waals surface area contributed by atoms with Crippen LogP contribution in [-0.4, -0.2) is 13.2 Å². The van der Waals surface area contributed by atoms with Crippen molar-refractivity contribution in [3.63, 3.8) is 0 Å². The molecule has 0 saturated heterocycles. The third-order valence-electron chi connectivity index (χ3n) is 3.86. The standard InChI is InChI=1S/C18H21NO/c1-13-9-14(2)11-16(10-13)19-12-15-7-8-20-18-6-4-3-5-17(15)18/h3-6,9-11,15,19H,7-8,12H2,1-2H3. The van der Waals surface area contributed by atoms with Crippen molar-refractivity contribution in [2.75, 3.05) is 18.5 Å². The van der Waals surface area contributed by atoms with E-state index in [9.17, 15) is 0 Å². The summed E-state index contributed by atoms with van der Waals surface area (Å²) in [4.78, 5) is 0. The molecule has 2 nitrogen and oxygen atoms in total. The van der Waals surface area contributed by atoms with Crippen LogP contribution >= 0.6 is 0 Å². The molecule has 0 saturated carbocycles. The highest BCUT2D eigenvalue weighted by Gasteiger charge is 2.20. The highest BCUT2D eigenvalue weighted by Crippen LogP contribution is 2.33. The van der Waals surface area contributed by atoms with Crippen LogP contribution in [0.2, 0.25) is 0 Å². The van der Waals surface area contributed by atoms with Crippen molar-refractivity contribution < 1.29 is 4.74 Å². The molecular weight excluding hydrogens is 246 g/mol. The van der Waals surface area contributed by atoms with Crippen molar-refractivity contribution in [2.24, 2.45) is 0 Å². The van der Waals surface area contributed by atoms with Crippen molar-refractivity contribution in [1.82, 2.24) is 0 Å². The molecule has 1 aliphatic rings. The minimum atomic E-state index is 0.528. The summed E-state index contributed by atoms with van der Waals surface area (Å²) in [6.07, 6.45) is 1.08. The average molecular weight is 267 g/mol. The summed E-state index contributed by atoms with van der Waals surface area (Å²) in [5, 5.41) is 3.58. The molecular formula is C18H21NO. The molecule has 1 aliphatic heterocycles. The lowest BCUT2D eigenvalue weighted by atomic mass is 9.93. The van der Waals surface area contributed by atoms with E-state index in [1.807, 2.05) is 6.07 Å². The van der Waals surface area contributed by atoms with Gasteiger partial charge in [-0.1, -0.05) is 24.3 Å². The van der Waals surface area contributed by atoms with Crippen LogP contribution in [-0.2, 0) is 0 Å². The lowest BCUT2D eigenvalue weighted by molar-refractivity contribution is 0.270. The molecule has 1 atom stereocenters. The molecule has 20 heavy (non-hydrogen) atoms. The number of para-hydroxylation sites is 1. The number of hydrogen-bond donors (Lipinski definition) is 1. The van der Waals surface area contributed by atoms with Gasteiger partial charge < -0.3 is 10.1 Å². The van der Waals surface area contributed by atoms with Crippen LogP contribution in [0.1, 0.15) is 29.0 Å². The maximum atomic E-state index is 5.72. The molecule has 0 aromatic heterocycles. The Morgan fingerprint density at radius 3 is 2.65 bits per heavy atom. The van der Waals surface area contributed by atoms with Gasteiger partial charge in [0.2, 0.25) is 0 Å². The smallest absolute Gasteiger partial charge is 0.122 e. The number of aryl methyl sites for hydroxylation is 2. The topological polar surface area (TPSA) is 21.3 Å². The van der Waals surface area contributed by atoms with E-state index < -0.39 is 0 Å². The van der Waals surface area contributed by atoms with Crippen LogP contribution in [0.3, 0.4) is 0 Å². The second kappa shape index (κ2) is 5.58. The number of hydrogen-bond acceptors (Lipinski definition) is 2. The van der Waals surface area contributed by atoms with Gasteiger partial charge in [-0.15, -0.1) is 0 Å². The predicted molar refractivity (Wildman–Crippen MR) is 83.7 cm³/mol. The molecule has 104 valence electrons. The van der Waals surface area contributed by atoms with E-state index in [2.05, 4.69) is 55.6 Å². The minimum absolute atomic E-state index is 0.528. The molecule has 0 spiro atoms. The summed E-state index contributed by atoms with van der Waals surface area (Å²) < 4.78 is 5.72. The van der Waals surface area contributed by atoms with E-state index in [-0.39, 0.29) is 0 Å². The number of anilines is 1. The molecule has 0 amide bonds. The first-order chi connectivity index (χ1) is 9.72. The van der Waals surface area contributed by atoms with Gasteiger partial charge in [0.15, 0.2) is 0 Å². The van der Waals surface area contributed by atoms with Crippen LogP contribution < -0.4 is 10.1 Å². The third-order valence-corrected chi connectivity index (χ3v) is 3.86. The van der Waals surface area contributed by atoms with Crippen LogP contribution in [0, 0.1) is 13.8 Å². The lowest BCUT2D eigenvalue weighted by Crippen LogP contribution is -2.20. The number of rotatable bonds is 3. The first-order valence-electron chi connectivity index (χ1n) is 7.26. The second-order valence-electron chi connectivity index (χ2n) is 5.63. The number of fused-ring (bicyclic) bond motifs is 1. The van der Waals surface area contributed by atoms with Gasteiger partial charge in [0, 0.05) is 18.2 Å². The van der Waals surface area contributed by atoms with E-state index in [4.69, 9.17) is 4.74 Å². The Labute approximate surface area is 120 Å². The van der Waals surface area contributed by atoms with E-state index in [1.165, 1.54) is 22.4 Å². The largest absolute Gasteiger partial charge is 0.493 e. The number of ether oxygens (including phenoxy) is 1. The van der Waals surface area contributed by atoms with Crippen LogP contribution in [0.5, 0.6) is 5.75 Å². The summed E-state index contributed by atoms with van der Waals surface area (Å²) in [6, 6.07) is 15.0.